The van der Waals surface area contributed by atoms with Crippen molar-refractivity contribution in [2.24, 2.45) is 0 Å². The average Bonchev–Trinajstić information content (AvgIpc) is 2.82. The molecule has 1 aromatic carbocycles. The van der Waals surface area contributed by atoms with Crippen LogP contribution in [0.4, 0.5) is 0 Å². The van der Waals surface area contributed by atoms with Gasteiger partial charge in [-0.3, -0.25) is 4.79 Å². The standard InChI is InChI=1S/C10H10N4O3/c15-8(5-9(16)17)6-2-1-3-7(4-6)10-11-13-14-12-10/h1-4,8,15H,5H2,(H,16,17)(H,11,12,13,14)/t8-/m0/s1. The molecule has 88 valence electrons. The van der Waals surface area contributed by atoms with Gasteiger partial charge in [-0.25, -0.2) is 0 Å². The molecule has 0 aliphatic rings. The number of hydrogen-bond acceptors (Lipinski definition) is 5. The zero-order valence-electron chi connectivity index (χ0n) is 8.74. The molecule has 2 aromatic rings. The SMILES string of the molecule is O=C(O)C[C@H](O)c1cccc(-c2nn[nH]n2)c1. The largest absolute Gasteiger partial charge is 0.481 e. The van der Waals surface area contributed by atoms with Gasteiger partial charge in [0.05, 0.1) is 12.5 Å². The van der Waals surface area contributed by atoms with Crippen molar-refractivity contribution in [1.82, 2.24) is 20.6 Å². The number of carboxylic acid groups (broad SMARTS) is 1. The molecule has 1 aromatic heterocycles. The van der Waals surface area contributed by atoms with E-state index in [0.717, 1.165) is 0 Å². The van der Waals surface area contributed by atoms with Crippen LogP contribution in [0.2, 0.25) is 0 Å². The molecule has 17 heavy (non-hydrogen) atoms. The van der Waals surface area contributed by atoms with E-state index >= 15 is 0 Å². The lowest BCUT2D eigenvalue weighted by Gasteiger charge is -2.08. The normalized spacial score (nSPS) is 12.3. The molecular weight excluding hydrogens is 224 g/mol. The number of nitrogens with one attached hydrogen (secondary N) is 1. The van der Waals surface area contributed by atoms with Gasteiger partial charge in [-0.2, -0.15) is 5.21 Å². The van der Waals surface area contributed by atoms with E-state index < -0.39 is 12.1 Å². The minimum absolute atomic E-state index is 0.338. The van der Waals surface area contributed by atoms with Gasteiger partial charge in [-0.05, 0) is 16.8 Å². The van der Waals surface area contributed by atoms with Crippen molar-refractivity contribution in [2.45, 2.75) is 12.5 Å². The number of aliphatic hydroxyl groups is 1. The van der Waals surface area contributed by atoms with E-state index in [9.17, 15) is 9.90 Å². The third kappa shape index (κ3) is 2.64. The summed E-state index contributed by atoms with van der Waals surface area (Å²) in [7, 11) is 0. The molecule has 0 aliphatic carbocycles. The van der Waals surface area contributed by atoms with Crippen LogP contribution in [0.5, 0.6) is 0 Å². The van der Waals surface area contributed by atoms with E-state index in [2.05, 4.69) is 20.6 Å². The summed E-state index contributed by atoms with van der Waals surface area (Å²) in [4.78, 5) is 10.5. The second-order valence-electron chi connectivity index (χ2n) is 3.47. The molecule has 7 heteroatoms. The van der Waals surface area contributed by atoms with Gasteiger partial charge < -0.3 is 10.2 Å². The van der Waals surface area contributed by atoms with Crippen LogP contribution in [-0.4, -0.2) is 36.8 Å². The minimum atomic E-state index is -1.05. The Hall–Kier alpha value is -2.28. The van der Waals surface area contributed by atoms with E-state index in [1.165, 1.54) is 0 Å². The first kappa shape index (κ1) is 11.2. The first-order valence-corrected chi connectivity index (χ1v) is 4.90. The molecule has 7 nitrogen and oxygen atoms in total. The molecule has 0 unspecified atom stereocenters. The Labute approximate surface area is 96.1 Å². The van der Waals surface area contributed by atoms with Gasteiger partial charge in [-0.15, -0.1) is 10.2 Å². The predicted molar refractivity (Wildman–Crippen MR) is 56.8 cm³/mol. The lowest BCUT2D eigenvalue weighted by atomic mass is 10.0. The second-order valence-corrected chi connectivity index (χ2v) is 3.47. The Morgan fingerprint density at radius 3 is 2.94 bits per heavy atom. The Bertz CT molecular complexity index is 512. The van der Waals surface area contributed by atoms with Crippen LogP contribution in [0.25, 0.3) is 11.4 Å². The van der Waals surface area contributed by atoms with Crippen molar-refractivity contribution in [2.75, 3.05) is 0 Å². The highest BCUT2D eigenvalue weighted by molar-refractivity contribution is 5.68. The minimum Gasteiger partial charge on any atom is -0.481 e. The molecule has 0 fully saturated rings. The molecule has 1 heterocycles. The molecule has 1 atom stereocenters. The number of aromatic amines is 1. The summed E-state index contributed by atoms with van der Waals surface area (Å²) in [6.45, 7) is 0. The fraction of sp³-hybridized carbons (Fsp3) is 0.200. The Morgan fingerprint density at radius 1 is 1.47 bits per heavy atom. The number of tetrazole rings is 1. The van der Waals surface area contributed by atoms with Gasteiger partial charge in [0, 0.05) is 5.56 Å². The summed E-state index contributed by atoms with van der Waals surface area (Å²) in [6, 6.07) is 6.74. The quantitative estimate of drug-likeness (QED) is 0.704. The van der Waals surface area contributed by atoms with E-state index in [1.807, 2.05) is 0 Å². The van der Waals surface area contributed by atoms with Gasteiger partial charge in [0.15, 0.2) is 0 Å². The van der Waals surface area contributed by atoms with Crippen molar-refractivity contribution in [3.63, 3.8) is 0 Å². The van der Waals surface area contributed by atoms with Gasteiger partial charge in [-0.1, -0.05) is 18.2 Å². The monoisotopic (exact) mass is 234 g/mol. The number of rotatable bonds is 4. The summed E-state index contributed by atoms with van der Waals surface area (Å²) in [6.07, 6.45) is -1.38. The molecule has 0 bridgehead atoms. The van der Waals surface area contributed by atoms with Crippen LogP contribution < -0.4 is 0 Å². The number of benzene rings is 1. The number of aliphatic hydroxyl groups excluding tert-OH is 1. The molecule has 0 amide bonds. The van der Waals surface area contributed by atoms with Gasteiger partial charge in [0.2, 0.25) is 5.82 Å². The third-order valence-corrected chi connectivity index (χ3v) is 2.24. The molecule has 0 spiro atoms. The van der Waals surface area contributed by atoms with Crippen LogP contribution in [0.15, 0.2) is 24.3 Å². The smallest absolute Gasteiger partial charge is 0.306 e. The van der Waals surface area contributed by atoms with Crippen LogP contribution in [-0.2, 0) is 4.79 Å². The fourth-order valence-electron chi connectivity index (χ4n) is 1.45. The average molecular weight is 234 g/mol. The predicted octanol–water partition coefficient (Wildman–Crippen LogP) is 0.375. The third-order valence-electron chi connectivity index (χ3n) is 2.24. The zero-order chi connectivity index (χ0) is 12.3. The maximum atomic E-state index is 10.5. The van der Waals surface area contributed by atoms with Gasteiger partial charge in [0.25, 0.3) is 0 Å². The van der Waals surface area contributed by atoms with E-state index in [4.69, 9.17) is 5.11 Å². The highest BCUT2D eigenvalue weighted by atomic mass is 16.4. The Kier molecular flexibility index (Phi) is 3.10. The summed E-state index contributed by atoms with van der Waals surface area (Å²) in [5, 5.41) is 31.6. The first-order valence-electron chi connectivity index (χ1n) is 4.90. The zero-order valence-corrected chi connectivity index (χ0v) is 8.74. The Balaban J connectivity index is 2.25. The number of H-pyrrole nitrogens is 1. The molecule has 3 N–H and O–H groups in total. The van der Waals surface area contributed by atoms with Crippen molar-refractivity contribution in [1.29, 1.82) is 0 Å². The Morgan fingerprint density at radius 2 is 2.29 bits per heavy atom. The van der Waals surface area contributed by atoms with E-state index in [-0.39, 0.29) is 6.42 Å². The van der Waals surface area contributed by atoms with Crippen molar-refractivity contribution in [3.05, 3.63) is 29.8 Å². The summed E-state index contributed by atoms with van der Waals surface area (Å²) in [5.74, 6) is -0.656. The van der Waals surface area contributed by atoms with Gasteiger partial charge >= 0.3 is 5.97 Å². The highest BCUT2D eigenvalue weighted by Crippen LogP contribution is 2.21. The lowest BCUT2D eigenvalue weighted by molar-refractivity contribution is -0.139. The highest BCUT2D eigenvalue weighted by Gasteiger charge is 2.13. The van der Waals surface area contributed by atoms with E-state index in [1.54, 1.807) is 24.3 Å². The number of carboxylic acids is 1. The van der Waals surface area contributed by atoms with Crippen molar-refractivity contribution in [3.8, 4) is 11.4 Å². The summed E-state index contributed by atoms with van der Waals surface area (Å²) >= 11 is 0. The van der Waals surface area contributed by atoms with Crippen molar-refractivity contribution < 1.29 is 15.0 Å². The lowest BCUT2D eigenvalue weighted by Crippen LogP contribution is -2.05. The number of aromatic nitrogens is 4. The maximum absolute atomic E-state index is 10.5. The second kappa shape index (κ2) is 4.71. The molecule has 0 radical (unpaired) electrons. The summed E-state index contributed by atoms with van der Waals surface area (Å²) in [5.41, 5.74) is 1.18. The number of nitrogens with zero attached hydrogens (tertiary/aromatic N) is 3. The van der Waals surface area contributed by atoms with Crippen molar-refractivity contribution >= 4 is 5.97 Å². The van der Waals surface area contributed by atoms with Crippen LogP contribution in [0, 0.1) is 0 Å². The number of aliphatic carboxylic acids is 1. The fourth-order valence-corrected chi connectivity index (χ4v) is 1.45. The number of hydrogen-bond donors (Lipinski definition) is 3. The molecule has 0 aliphatic heterocycles. The summed E-state index contributed by atoms with van der Waals surface area (Å²) < 4.78 is 0. The molecule has 2 rings (SSSR count). The van der Waals surface area contributed by atoms with Crippen LogP contribution in [0.3, 0.4) is 0 Å². The number of carbonyl (C=O) groups is 1. The molecule has 0 saturated carbocycles. The topological polar surface area (TPSA) is 112 Å². The maximum Gasteiger partial charge on any atom is 0.306 e. The van der Waals surface area contributed by atoms with Crippen LogP contribution >= 0.6 is 0 Å². The van der Waals surface area contributed by atoms with Crippen LogP contribution in [0.1, 0.15) is 18.1 Å². The first-order chi connectivity index (χ1) is 8.16. The molecular formula is C10H10N4O3. The van der Waals surface area contributed by atoms with E-state index in [0.29, 0.717) is 17.0 Å². The molecule has 0 saturated heterocycles. The van der Waals surface area contributed by atoms with Gasteiger partial charge in [0.1, 0.15) is 0 Å².